The summed E-state index contributed by atoms with van der Waals surface area (Å²) in [4.78, 5) is 12.6. The Morgan fingerprint density at radius 1 is 1.29 bits per heavy atom. The molecular formula is C11H13N5O. The van der Waals surface area contributed by atoms with E-state index >= 15 is 0 Å². The molecule has 0 saturated carbocycles. The molecule has 0 amide bonds. The fourth-order valence-electron chi connectivity index (χ4n) is 1.47. The lowest BCUT2D eigenvalue weighted by Gasteiger charge is -2.05. The maximum atomic E-state index is 5.03. The molecule has 0 N–H and O–H groups in total. The van der Waals surface area contributed by atoms with Gasteiger partial charge in [-0.25, -0.2) is 4.98 Å². The van der Waals surface area contributed by atoms with Gasteiger partial charge in [-0.05, 0) is 19.9 Å². The molecule has 6 heteroatoms. The summed E-state index contributed by atoms with van der Waals surface area (Å²) in [6.45, 7) is 7.37. The van der Waals surface area contributed by atoms with Gasteiger partial charge in [-0.1, -0.05) is 6.58 Å². The molecule has 88 valence electrons. The van der Waals surface area contributed by atoms with E-state index in [1.54, 1.807) is 16.8 Å². The van der Waals surface area contributed by atoms with Gasteiger partial charge in [0.1, 0.15) is 11.6 Å². The molecule has 0 aliphatic carbocycles. The van der Waals surface area contributed by atoms with Gasteiger partial charge in [-0.3, -0.25) is 0 Å². The molecule has 0 spiro atoms. The number of aryl methyl sites for hydroxylation is 2. The average Bonchev–Trinajstić information content (AvgIpc) is 2.67. The highest BCUT2D eigenvalue weighted by Crippen LogP contribution is 2.13. The molecule has 2 heterocycles. The van der Waals surface area contributed by atoms with Crippen LogP contribution in [0.1, 0.15) is 17.3 Å². The summed E-state index contributed by atoms with van der Waals surface area (Å²) >= 11 is 0. The molecule has 2 aromatic heterocycles. The van der Waals surface area contributed by atoms with Crippen LogP contribution in [-0.2, 0) is 0 Å². The monoisotopic (exact) mass is 231 g/mol. The lowest BCUT2D eigenvalue weighted by Crippen LogP contribution is -2.05. The molecule has 6 nitrogen and oxygen atoms in total. The van der Waals surface area contributed by atoms with Gasteiger partial charge in [0.15, 0.2) is 5.82 Å². The third kappa shape index (κ3) is 2.15. The van der Waals surface area contributed by atoms with Crippen LogP contribution < -0.4 is 4.74 Å². The zero-order valence-electron chi connectivity index (χ0n) is 10.0. The molecule has 0 aliphatic heterocycles. The van der Waals surface area contributed by atoms with Gasteiger partial charge in [0.25, 0.3) is 0 Å². The van der Waals surface area contributed by atoms with Gasteiger partial charge in [-0.2, -0.15) is 14.6 Å². The van der Waals surface area contributed by atoms with Gasteiger partial charge < -0.3 is 4.74 Å². The van der Waals surface area contributed by atoms with Gasteiger partial charge in [0, 0.05) is 6.07 Å². The predicted molar refractivity (Wildman–Crippen MR) is 63.1 cm³/mol. The Labute approximate surface area is 99.0 Å². The van der Waals surface area contributed by atoms with Crippen molar-refractivity contribution in [3.8, 4) is 11.8 Å². The van der Waals surface area contributed by atoms with E-state index in [1.165, 1.54) is 7.11 Å². The van der Waals surface area contributed by atoms with Crippen LogP contribution in [-0.4, -0.2) is 31.8 Å². The zero-order valence-corrected chi connectivity index (χ0v) is 10.0. The summed E-state index contributed by atoms with van der Waals surface area (Å²) in [5.41, 5.74) is 0.680. The SMILES string of the molecule is C=Cc1cc(-n2nc(C)nc2C)nc(OC)n1. The molecule has 0 fully saturated rings. The quantitative estimate of drug-likeness (QED) is 0.797. The predicted octanol–water partition coefficient (Wildman–Crippen LogP) is 1.33. The van der Waals surface area contributed by atoms with Crippen molar-refractivity contribution in [3.05, 3.63) is 30.0 Å². The van der Waals surface area contributed by atoms with E-state index in [0.29, 0.717) is 17.3 Å². The van der Waals surface area contributed by atoms with Gasteiger partial charge in [-0.15, -0.1) is 5.10 Å². The highest BCUT2D eigenvalue weighted by Gasteiger charge is 2.09. The zero-order chi connectivity index (χ0) is 12.4. The van der Waals surface area contributed by atoms with Crippen LogP contribution >= 0.6 is 0 Å². The van der Waals surface area contributed by atoms with E-state index in [1.807, 2.05) is 13.8 Å². The van der Waals surface area contributed by atoms with Gasteiger partial charge >= 0.3 is 6.01 Å². The smallest absolute Gasteiger partial charge is 0.318 e. The van der Waals surface area contributed by atoms with Crippen LogP contribution in [0.15, 0.2) is 12.6 Å². The third-order valence-electron chi connectivity index (χ3n) is 2.20. The number of hydrogen-bond donors (Lipinski definition) is 0. The summed E-state index contributed by atoms with van der Waals surface area (Å²) in [6, 6.07) is 2.06. The molecule has 0 aliphatic rings. The first-order valence-electron chi connectivity index (χ1n) is 5.10. The highest BCUT2D eigenvalue weighted by molar-refractivity contribution is 5.45. The molecule has 17 heavy (non-hydrogen) atoms. The lowest BCUT2D eigenvalue weighted by atomic mass is 10.4. The van der Waals surface area contributed by atoms with Crippen molar-refractivity contribution in [2.75, 3.05) is 7.11 Å². The maximum absolute atomic E-state index is 5.03. The third-order valence-corrected chi connectivity index (χ3v) is 2.20. The summed E-state index contributed by atoms with van der Waals surface area (Å²) in [5.74, 6) is 2.07. The summed E-state index contributed by atoms with van der Waals surface area (Å²) in [6.07, 6.45) is 1.63. The minimum absolute atomic E-state index is 0.282. The van der Waals surface area contributed by atoms with Crippen molar-refractivity contribution < 1.29 is 4.74 Å². The highest BCUT2D eigenvalue weighted by atomic mass is 16.5. The largest absolute Gasteiger partial charge is 0.467 e. The van der Waals surface area contributed by atoms with E-state index in [2.05, 4.69) is 26.6 Å². The van der Waals surface area contributed by atoms with Crippen molar-refractivity contribution in [2.45, 2.75) is 13.8 Å². The molecule has 2 rings (SSSR count). The Morgan fingerprint density at radius 3 is 2.59 bits per heavy atom. The number of rotatable bonds is 3. The second-order valence-corrected chi connectivity index (χ2v) is 3.46. The lowest BCUT2D eigenvalue weighted by molar-refractivity contribution is 0.378. The van der Waals surface area contributed by atoms with Crippen molar-refractivity contribution in [3.63, 3.8) is 0 Å². The standard InChI is InChI=1S/C11H13N5O/c1-5-9-6-10(14-11(13-9)17-4)16-8(3)12-7(2)15-16/h5-6H,1H2,2-4H3. The van der Waals surface area contributed by atoms with Crippen LogP contribution in [0.5, 0.6) is 6.01 Å². The molecule has 2 aromatic rings. The van der Waals surface area contributed by atoms with E-state index in [4.69, 9.17) is 4.74 Å². The summed E-state index contributed by atoms with van der Waals surface area (Å²) < 4.78 is 6.68. The van der Waals surface area contributed by atoms with E-state index in [-0.39, 0.29) is 6.01 Å². The Balaban J connectivity index is 2.58. The molecule has 0 aromatic carbocycles. The van der Waals surface area contributed by atoms with Crippen molar-refractivity contribution in [2.24, 2.45) is 0 Å². The molecule has 0 atom stereocenters. The molecule has 0 unspecified atom stereocenters. The first-order chi connectivity index (χ1) is 8.13. The van der Waals surface area contributed by atoms with Gasteiger partial charge in [0.2, 0.25) is 0 Å². The van der Waals surface area contributed by atoms with Crippen LogP contribution in [0, 0.1) is 13.8 Å². The first kappa shape index (κ1) is 11.3. The average molecular weight is 231 g/mol. The number of nitrogens with zero attached hydrogens (tertiary/aromatic N) is 5. The number of ether oxygens (including phenoxy) is 1. The Bertz CT molecular complexity index is 561. The first-order valence-corrected chi connectivity index (χ1v) is 5.10. The summed E-state index contributed by atoms with van der Waals surface area (Å²) in [7, 11) is 1.52. The van der Waals surface area contributed by atoms with Gasteiger partial charge in [0.05, 0.1) is 12.8 Å². The summed E-state index contributed by atoms with van der Waals surface area (Å²) in [5, 5.41) is 4.26. The molecule has 0 bridgehead atoms. The minimum Gasteiger partial charge on any atom is -0.467 e. The fourth-order valence-corrected chi connectivity index (χ4v) is 1.47. The second-order valence-electron chi connectivity index (χ2n) is 3.46. The fraction of sp³-hybridized carbons (Fsp3) is 0.273. The van der Waals surface area contributed by atoms with Crippen molar-refractivity contribution in [1.29, 1.82) is 0 Å². The van der Waals surface area contributed by atoms with Crippen LogP contribution in [0.2, 0.25) is 0 Å². The van der Waals surface area contributed by atoms with Crippen molar-refractivity contribution >= 4 is 6.08 Å². The van der Waals surface area contributed by atoms with E-state index < -0.39 is 0 Å². The minimum atomic E-state index is 0.282. The number of methoxy groups -OCH3 is 1. The molecular weight excluding hydrogens is 218 g/mol. The topological polar surface area (TPSA) is 65.7 Å². The Hall–Kier alpha value is -2.24. The number of aromatic nitrogens is 5. The molecule has 0 saturated heterocycles. The van der Waals surface area contributed by atoms with Crippen LogP contribution in [0.3, 0.4) is 0 Å². The normalized spacial score (nSPS) is 10.3. The molecule has 0 radical (unpaired) electrons. The Morgan fingerprint density at radius 2 is 2.06 bits per heavy atom. The van der Waals surface area contributed by atoms with Crippen molar-refractivity contribution in [1.82, 2.24) is 24.7 Å². The number of hydrogen-bond acceptors (Lipinski definition) is 5. The Kier molecular flexibility index (Phi) is 2.86. The second kappa shape index (κ2) is 4.32. The van der Waals surface area contributed by atoms with Crippen LogP contribution in [0.4, 0.5) is 0 Å². The maximum Gasteiger partial charge on any atom is 0.318 e. The van der Waals surface area contributed by atoms with Crippen LogP contribution in [0.25, 0.3) is 11.9 Å². The van der Waals surface area contributed by atoms with E-state index in [0.717, 1.165) is 5.82 Å². The van der Waals surface area contributed by atoms with E-state index in [9.17, 15) is 0 Å².